The van der Waals surface area contributed by atoms with Crippen LogP contribution in [0.25, 0.3) is 0 Å². The Morgan fingerprint density at radius 1 is 1.23 bits per heavy atom. The highest BCUT2D eigenvalue weighted by molar-refractivity contribution is 5.93. The maximum Gasteiger partial charge on any atom is 0.291 e. The van der Waals surface area contributed by atoms with Gasteiger partial charge < -0.3 is 15.0 Å². The number of azo groups is 1. The smallest absolute Gasteiger partial charge is 0.291 e. The van der Waals surface area contributed by atoms with Crippen molar-refractivity contribution in [1.82, 2.24) is 4.98 Å². The normalized spacial score (nSPS) is 10.8. The van der Waals surface area contributed by atoms with E-state index in [1.165, 1.54) is 20.1 Å². The van der Waals surface area contributed by atoms with Gasteiger partial charge in [-0.15, -0.1) is 10.2 Å². The van der Waals surface area contributed by atoms with Gasteiger partial charge in [0, 0.05) is 25.7 Å². The molecule has 0 spiro atoms. The first-order valence-electron chi connectivity index (χ1n) is 9.66. The number of anilines is 2. The van der Waals surface area contributed by atoms with E-state index in [1.807, 2.05) is 12.1 Å². The molecule has 30 heavy (non-hydrogen) atoms. The highest BCUT2D eigenvalue weighted by Crippen LogP contribution is 2.34. The minimum absolute atomic E-state index is 0.0968. The number of hydrogen-bond donors (Lipinski definition) is 1. The summed E-state index contributed by atoms with van der Waals surface area (Å²) >= 11 is 0. The van der Waals surface area contributed by atoms with Gasteiger partial charge in [0.2, 0.25) is 11.7 Å². The summed E-state index contributed by atoms with van der Waals surface area (Å²) in [5.74, 6) is -0.00516. The van der Waals surface area contributed by atoms with E-state index in [1.54, 1.807) is 6.07 Å². The van der Waals surface area contributed by atoms with E-state index < -0.39 is 4.92 Å². The third-order valence-electron chi connectivity index (χ3n) is 4.14. The average molecular weight is 414 g/mol. The van der Waals surface area contributed by atoms with Crippen molar-refractivity contribution >= 4 is 34.5 Å². The summed E-state index contributed by atoms with van der Waals surface area (Å²) in [7, 11) is 1.37. The predicted molar refractivity (Wildman–Crippen MR) is 115 cm³/mol. The molecule has 0 aliphatic heterocycles. The quantitative estimate of drug-likeness (QED) is 0.332. The number of methoxy groups -OCH3 is 1. The number of carbonyl (C=O) groups is 1. The number of carbonyl (C=O) groups excluding carboxylic acids is 1. The Kier molecular flexibility index (Phi) is 8.21. The van der Waals surface area contributed by atoms with Gasteiger partial charge in [-0.05, 0) is 31.0 Å². The van der Waals surface area contributed by atoms with E-state index in [-0.39, 0.29) is 23.2 Å². The van der Waals surface area contributed by atoms with Crippen LogP contribution in [-0.2, 0) is 4.79 Å². The van der Waals surface area contributed by atoms with Crippen LogP contribution >= 0.6 is 0 Å². The molecule has 0 unspecified atom stereocenters. The Labute approximate surface area is 175 Å². The highest BCUT2D eigenvalue weighted by atomic mass is 16.6. The lowest BCUT2D eigenvalue weighted by molar-refractivity contribution is -0.385. The van der Waals surface area contributed by atoms with Gasteiger partial charge in [-0.3, -0.25) is 14.9 Å². The number of benzene rings is 1. The second-order valence-electron chi connectivity index (χ2n) is 6.55. The first-order valence-corrected chi connectivity index (χ1v) is 9.66. The zero-order chi connectivity index (χ0) is 22.1. The molecule has 0 saturated heterocycles. The molecule has 1 aromatic carbocycles. The number of ether oxygens (including phenoxy) is 1. The molecule has 0 radical (unpaired) electrons. The van der Waals surface area contributed by atoms with Crippen LogP contribution in [0.15, 0.2) is 40.7 Å². The summed E-state index contributed by atoms with van der Waals surface area (Å²) in [6.45, 7) is 7.45. The molecule has 1 N–H and O–H groups in total. The van der Waals surface area contributed by atoms with Gasteiger partial charge in [0.1, 0.15) is 11.9 Å². The Balaban J connectivity index is 2.40. The van der Waals surface area contributed by atoms with Crippen molar-refractivity contribution in [3.8, 4) is 5.75 Å². The van der Waals surface area contributed by atoms with Crippen molar-refractivity contribution < 1.29 is 14.5 Å². The van der Waals surface area contributed by atoms with Crippen LogP contribution in [0.4, 0.5) is 28.6 Å². The molecular weight excluding hydrogens is 388 g/mol. The standard InChI is InChI=1S/C20H26N6O4/c1-5-9-25(10-6-2)15-7-8-17(18(11-15)22-14(3)27)23-24-20-19(30-4)12-16(13-21-20)26(28)29/h7-8,11-13H,5-6,9-10H2,1-4H3,(H,22,27). The van der Waals surface area contributed by atoms with E-state index in [9.17, 15) is 14.9 Å². The summed E-state index contributed by atoms with van der Waals surface area (Å²) in [5.41, 5.74) is 1.72. The topological polar surface area (TPSA) is 122 Å². The Morgan fingerprint density at radius 2 is 1.93 bits per heavy atom. The van der Waals surface area contributed by atoms with Crippen molar-refractivity contribution in [2.45, 2.75) is 33.6 Å². The van der Waals surface area contributed by atoms with Crippen LogP contribution in [0.1, 0.15) is 33.6 Å². The van der Waals surface area contributed by atoms with Gasteiger partial charge in [-0.1, -0.05) is 13.8 Å². The summed E-state index contributed by atoms with van der Waals surface area (Å²) < 4.78 is 5.13. The predicted octanol–water partition coefficient (Wildman–Crippen LogP) is 5.00. The molecule has 2 rings (SSSR count). The van der Waals surface area contributed by atoms with Crippen LogP contribution in [0.2, 0.25) is 0 Å². The van der Waals surface area contributed by atoms with Gasteiger partial charge in [-0.2, -0.15) is 0 Å². The SMILES string of the molecule is CCCN(CCC)c1ccc(N=Nc2ncc([N+](=O)[O-])cc2OC)c(NC(C)=O)c1. The third-order valence-corrected chi connectivity index (χ3v) is 4.14. The van der Waals surface area contributed by atoms with E-state index in [2.05, 4.69) is 39.3 Å². The first kappa shape index (κ1) is 22.7. The van der Waals surface area contributed by atoms with E-state index in [0.29, 0.717) is 11.4 Å². The minimum Gasteiger partial charge on any atom is -0.492 e. The molecule has 1 amide bonds. The molecule has 1 heterocycles. The molecule has 0 aliphatic rings. The van der Waals surface area contributed by atoms with Gasteiger partial charge >= 0.3 is 0 Å². The fraction of sp³-hybridized carbons (Fsp3) is 0.400. The number of hydrogen-bond acceptors (Lipinski definition) is 8. The maximum atomic E-state index is 11.7. The Bertz CT molecular complexity index is 926. The molecule has 0 saturated carbocycles. The molecule has 0 bridgehead atoms. The Hall–Kier alpha value is -3.56. The van der Waals surface area contributed by atoms with Crippen LogP contribution in [0.3, 0.4) is 0 Å². The lowest BCUT2D eigenvalue weighted by Crippen LogP contribution is -2.24. The van der Waals surface area contributed by atoms with Crippen molar-refractivity contribution in [2.75, 3.05) is 30.4 Å². The lowest BCUT2D eigenvalue weighted by Gasteiger charge is -2.24. The van der Waals surface area contributed by atoms with Gasteiger partial charge in [0.05, 0.1) is 23.8 Å². The van der Waals surface area contributed by atoms with Crippen molar-refractivity contribution in [3.05, 3.63) is 40.6 Å². The van der Waals surface area contributed by atoms with Crippen LogP contribution in [-0.4, -0.2) is 36.0 Å². The van der Waals surface area contributed by atoms with E-state index in [0.717, 1.165) is 37.8 Å². The second-order valence-corrected chi connectivity index (χ2v) is 6.55. The largest absolute Gasteiger partial charge is 0.492 e. The van der Waals surface area contributed by atoms with Crippen LogP contribution < -0.4 is 15.0 Å². The highest BCUT2D eigenvalue weighted by Gasteiger charge is 2.14. The Morgan fingerprint density at radius 3 is 2.50 bits per heavy atom. The molecule has 1 aromatic heterocycles. The molecule has 2 aromatic rings. The summed E-state index contributed by atoms with van der Waals surface area (Å²) in [6, 6.07) is 6.78. The summed E-state index contributed by atoms with van der Waals surface area (Å²) in [4.78, 5) is 28.2. The third kappa shape index (κ3) is 5.97. The number of nitro groups is 1. The van der Waals surface area contributed by atoms with Crippen molar-refractivity contribution in [2.24, 2.45) is 10.2 Å². The minimum atomic E-state index is -0.567. The molecule has 0 fully saturated rings. The maximum absolute atomic E-state index is 11.7. The number of nitrogens with one attached hydrogen (secondary N) is 1. The number of pyridine rings is 1. The van der Waals surface area contributed by atoms with Gasteiger partial charge in [0.25, 0.3) is 5.69 Å². The average Bonchev–Trinajstić information content (AvgIpc) is 2.72. The molecule has 10 nitrogen and oxygen atoms in total. The fourth-order valence-electron chi connectivity index (χ4n) is 2.86. The van der Waals surface area contributed by atoms with Gasteiger partial charge in [-0.25, -0.2) is 4.98 Å². The molecule has 0 aliphatic carbocycles. The monoisotopic (exact) mass is 414 g/mol. The number of aromatic nitrogens is 1. The molecule has 0 atom stereocenters. The number of nitrogens with zero attached hydrogens (tertiary/aromatic N) is 5. The first-order chi connectivity index (χ1) is 14.4. The second kappa shape index (κ2) is 10.8. The number of rotatable bonds is 10. The van der Waals surface area contributed by atoms with E-state index in [4.69, 9.17) is 4.74 Å². The fourth-order valence-corrected chi connectivity index (χ4v) is 2.86. The zero-order valence-electron chi connectivity index (χ0n) is 17.6. The molecular formula is C20H26N6O4. The zero-order valence-corrected chi connectivity index (χ0v) is 17.6. The van der Waals surface area contributed by atoms with Crippen LogP contribution in [0.5, 0.6) is 5.75 Å². The molecule has 10 heteroatoms. The van der Waals surface area contributed by atoms with Crippen LogP contribution in [0, 0.1) is 10.1 Å². The lowest BCUT2D eigenvalue weighted by atomic mass is 10.2. The van der Waals surface area contributed by atoms with Crippen molar-refractivity contribution in [3.63, 3.8) is 0 Å². The summed E-state index contributed by atoms with van der Waals surface area (Å²) in [5, 5.41) is 21.9. The van der Waals surface area contributed by atoms with E-state index >= 15 is 0 Å². The van der Waals surface area contributed by atoms with Crippen molar-refractivity contribution in [1.29, 1.82) is 0 Å². The molecule has 160 valence electrons. The number of amides is 1. The summed E-state index contributed by atoms with van der Waals surface area (Å²) in [6.07, 6.45) is 3.09. The van der Waals surface area contributed by atoms with Gasteiger partial charge in [0.15, 0.2) is 5.75 Å².